The number of nitrogens with one attached hydrogen (secondary N) is 1. The van der Waals surface area contributed by atoms with E-state index in [1.54, 1.807) is 54.9 Å². The number of aliphatic imine (C=N–C) groups is 1. The number of halogens is 1. The van der Waals surface area contributed by atoms with Crippen molar-refractivity contribution in [3.63, 3.8) is 0 Å². The van der Waals surface area contributed by atoms with E-state index >= 15 is 0 Å². The van der Waals surface area contributed by atoms with Crippen LogP contribution in [0.15, 0.2) is 84.0 Å². The van der Waals surface area contributed by atoms with Gasteiger partial charge >= 0.3 is 5.97 Å². The van der Waals surface area contributed by atoms with E-state index in [4.69, 9.17) is 11.6 Å². The van der Waals surface area contributed by atoms with Gasteiger partial charge in [-0.25, -0.2) is 4.79 Å². The lowest BCUT2D eigenvalue weighted by atomic mass is 10.1. The van der Waals surface area contributed by atoms with Crippen molar-refractivity contribution in [2.75, 3.05) is 5.32 Å². The number of rotatable bonds is 5. The number of benzene rings is 3. The Kier molecular flexibility index (Phi) is 5.22. The van der Waals surface area contributed by atoms with Crippen LogP contribution in [-0.4, -0.2) is 22.3 Å². The van der Waals surface area contributed by atoms with E-state index < -0.39 is 5.97 Å². The fourth-order valence-electron chi connectivity index (χ4n) is 3.01. The van der Waals surface area contributed by atoms with E-state index in [1.807, 2.05) is 30.3 Å². The highest BCUT2D eigenvalue weighted by molar-refractivity contribution is 6.31. The van der Waals surface area contributed by atoms with Crippen LogP contribution in [0.5, 0.6) is 0 Å². The van der Waals surface area contributed by atoms with Crippen molar-refractivity contribution in [3.8, 4) is 0 Å². The maximum absolute atomic E-state index is 11.5. The number of nitrogens with zero attached hydrogens (tertiary/aromatic N) is 2. The number of aromatic nitrogens is 1. The van der Waals surface area contributed by atoms with E-state index in [1.165, 1.54) is 0 Å². The lowest BCUT2D eigenvalue weighted by Gasteiger charge is -2.12. The molecule has 0 aliphatic heterocycles. The maximum Gasteiger partial charge on any atom is 0.337 e. The van der Waals surface area contributed by atoms with E-state index in [-0.39, 0.29) is 5.56 Å². The lowest BCUT2D eigenvalue weighted by Crippen LogP contribution is -2.02. The number of carboxylic acids is 1. The zero-order valence-electron chi connectivity index (χ0n) is 15.2. The van der Waals surface area contributed by atoms with Crippen molar-refractivity contribution in [1.29, 1.82) is 0 Å². The van der Waals surface area contributed by atoms with Crippen LogP contribution < -0.4 is 5.32 Å². The molecule has 0 saturated heterocycles. The predicted molar refractivity (Wildman–Crippen MR) is 117 cm³/mol. The summed E-state index contributed by atoms with van der Waals surface area (Å²) in [5.41, 5.74) is 3.71. The Labute approximate surface area is 172 Å². The van der Waals surface area contributed by atoms with Crippen LogP contribution >= 0.6 is 11.6 Å². The van der Waals surface area contributed by atoms with Gasteiger partial charge in [0.1, 0.15) is 0 Å². The third-order valence-corrected chi connectivity index (χ3v) is 4.65. The molecule has 142 valence electrons. The van der Waals surface area contributed by atoms with E-state index in [0.29, 0.717) is 22.1 Å². The highest BCUT2D eigenvalue weighted by Gasteiger charge is 2.11. The Balaban J connectivity index is 1.73. The quantitative estimate of drug-likeness (QED) is 0.397. The number of hydrogen-bond acceptors (Lipinski definition) is 4. The second kappa shape index (κ2) is 8.12. The molecule has 6 heteroatoms. The number of carbonyl (C=O) groups is 1. The molecule has 0 fully saturated rings. The topological polar surface area (TPSA) is 74.6 Å². The smallest absolute Gasteiger partial charge is 0.337 e. The summed E-state index contributed by atoms with van der Waals surface area (Å²) in [6, 6.07) is 21.7. The molecule has 1 heterocycles. The van der Waals surface area contributed by atoms with Gasteiger partial charge in [0.2, 0.25) is 0 Å². The summed E-state index contributed by atoms with van der Waals surface area (Å²) in [5.74, 6) is -1.00. The molecule has 29 heavy (non-hydrogen) atoms. The van der Waals surface area contributed by atoms with E-state index in [0.717, 1.165) is 16.5 Å². The van der Waals surface area contributed by atoms with Gasteiger partial charge in [0.25, 0.3) is 0 Å². The molecule has 0 aliphatic carbocycles. The van der Waals surface area contributed by atoms with Crippen molar-refractivity contribution in [1.82, 2.24) is 4.98 Å². The molecule has 1 aromatic heterocycles. The van der Waals surface area contributed by atoms with Gasteiger partial charge in [-0.05, 0) is 42.5 Å². The zero-order valence-corrected chi connectivity index (χ0v) is 16.0. The average molecular weight is 402 g/mol. The Hall–Kier alpha value is -3.70. The third kappa shape index (κ3) is 4.10. The van der Waals surface area contributed by atoms with Crippen molar-refractivity contribution >= 4 is 51.7 Å². The minimum Gasteiger partial charge on any atom is -0.478 e. The molecule has 2 N–H and O–H groups in total. The highest BCUT2D eigenvalue weighted by Crippen LogP contribution is 2.32. The van der Waals surface area contributed by atoms with E-state index in [9.17, 15) is 9.90 Å². The third-order valence-electron chi connectivity index (χ3n) is 4.41. The molecule has 5 nitrogen and oxygen atoms in total. The molecule has 0 bridgehead atoms. The number of aromatic carboxylic acids is 1. The first-order valence-corrected chi connectivity index (χ1v) is 9.26. The molecule has 0 spiro atoms. The molecular formula is C23H16ClN3O2. The normalized spacial score (nSPS) is 11.1. The van der Waals surface area contributed by atoms with Gasteiger partial charge in [0.05, 0.1) is 28.1 Å². The fourth-order valence-corrected chi connectivity index (χ4v) is 3.18. The second-order valence-corrected chi connectivity index (χ2v) is 6.75. The Morgan fingerprint density at radius 2 is 1.79 bits per heavy atom. The minimum atomic E-state index is -1.00. The van der Waals surface area contributed by atoms with Gasteiger partial charge in [0.15, 0.2) is 0 Å². The standard InChI is InChI=1S/C23H16ClN3O2/c24-16-9-10-21(27-20-8-4-2-6-18(20)23(28)29)22(13-16)26-14-15-11-12-25-19-7-3-1-5-17(15)19/h1-14,27H,(H,28,29). The van der Waals surface area contributed by atoms with Crippen LogP contribution in [0.2, 0.25) is 5.02 Å². The highest BCUT2D eigenvalue weighted by atomic mass is 35.5. The van der Waals surface area contributed by atoms with Gasteiger partial charge in [-0.3, -0.25) is 9.98 Å². The Bertz CT molecular complexity index is 1230. The number of carboxylic acid groups (broad SMARTS) is 1. The van der Waals surface area contributed by atoms with Crippen LogP contribution in [0.1, 0.15) is 15.9 Å². The van der Waals surface area contributed by atoms with Crippen LogP contribution in [0.25, 0.3) is 10.9 Å². The average Bonchev–Trinajstić information content (AvgIpc) is 2.74. The number of fused-ring (bicyclic) bond motifs is 1. The largest absolute Gasteiger partial charge is 0.478 e. The summed E-state index contributed by atoms with van der Waals surface area (Å²) < 4.78 is 0. The summed E-state index contributed by atoms with van der Waals surface area (Å²) in [5, 5.41) is 14.1. The Morgan fingerprint density at radius 3 is 2.66 bits per heavy atom. The number of pyridine rings is 1. The molecule has 0 amide bonds. The van der Waals surface area contributed by atoms with Gasteiger partial charge in [-0.1, -0.05) is 41.9 Å². The summed E-state index contributed by atoms with van der Waals surface area (Å²) in [4.78, 5) is 20.5. The van der Waals surface area contributed by atoms with Gasteiger partial charge < -0.3 is 10.4 Å². The van der Waals surface area contributed by atoms with Gasteiger partial charge in [0, 0.05) is 28.4 Å². The van der Waals surface area contributed by atoms with Crippen molar-refractivity contribution in [2.24, 2.45) is 4.99 Å². The van der Waals surface area contributed by atoms with Gasteiger partial charge in [-0.2, -0.15) is 0 Å². The van der Waals surface area contributed by atoms with Crippen LogP contribution in [0, 0.1) is 0 Å². The monoisotopic (exact) mass is 401 g/mol. The molecule has 3 aromatic carbocycles. The van der Waals surface area contributed by atoms with E-state index in [2.05, 4.69) is 15.3 Å². The first-order valence-electron chi connectivity index (χ1n) is 8.88. The SMILES string of the molecule is O=C(O)c1ccccc1Nc1ccc(Cl)cc1N=Cc1ccnc2ccccc12. The molecule has 4 rings (SSSR count). The molecular weight excluding hydrogens is 386 g/mol. The summed E-state index contributed by atoms with van der Waals surface area (Å²) in [7, 11) is 0. The van der Waals surface area contributed by atoms with Crippen LogP contribution in [0.4, 0.5) is 17.1 Å². The first-order chi connectivity index (χ1) is 14.1. The summed E-state index contributed by atoms with van der Waals surface area (Å²) in [6.45, 7) is 0. The van der Waals surface area contributed by atoms with Crippen molar-refractivity contribution in [3.05, 3.63) is 95.1 Å². The predicted octanol–water partition coefficient (Wildman–Crippen LogP) is 6.08. The summed E-state index contributed by atoms with van der Waals surface area (Å²) in [6.07, 6.45) is 3.49. The fraction of sp³-hybridized carbons (Fsp3) is 0. The zero-order chi connectivity index (χ0) is 20.2. The molecule has 0 unspecified atom stereocenters. The molecule has 0 aliphatic rings. The van der Waals surface area contributed by atoms with Crippen LogP contribution in [0.3, 0.4) is 0 Å². The molecule has 0 saturated carbocycles. The van der Waals surface area contributed by atoms with Gasteiger partial charge in [-0.15, -0.1) is 0 Å². The maximum atomic E-state index is 11.5. The molecule has 4 aromatic rings. The molecule has 0 radical (unpaired) electrons. The minimum absolute atomic E-state index is 0.178. The lowest BCUT2D eigenvalue weighted by molar-refractivity contribution is 0.0698. The second-order valence-electron chi connectivity index (χ2n) is 6.31. The summed E-state index contributed by atoms with van der Waals surface area (Å²) >= 11 is 6.17. The number of anilines is 2. The van der Waals surface area contributed by atoms with Crippen molar-refractivity contribution in [2.45, 2.75) is 0 Å². The number of para-hydroxylation sites is 2. The first kappa shape index (κ1) is 18.7. The number of hydrogen-bond donors (Lipinski definition) is 2. The molecule has 0 atom stereocenters. The Morgan fingerprint density at radius 1 is 1.00 bits per heavy atom. The van der Waals surface area contributed by atoms with Crippen LogP contribution in [-0.2, 0) is 0 Å². The van der Waals surface area contributed by atoms with Crippen molar-refractivity contribution < 1.29 is 9.90 Å².